The summed E-state index contributed by atoms with van der Waals surface area (Å²) >= 11 is 0. The molecule has 2 nitrogen and oxygen atoms in total. The molecule has 1 heterocycles. The lowest BCUT2D eigenvalue weighted by Gasteiger charge is -2.10. The number of hydrogen-bond acceptors (Lipinski definition) is 1. The van der Waals surface area contributed by atoms with Crippen molar-refractivity contribution in [3.63, 3.8) is 0 Å². The van der Waals surface area contributed by atoms with E-state index in [1.54, 1.807) is 7.11 Å². The highest BCUT2D eigenvalue weighted by atomic mass is 16.5. The zero-order valence-electron chi connectivity index (χ0n) is 9.53. The van der Waals surface area contributed by atoms with Crippen molar-refractivity contribution < 1.29 is 4.74 Å². The molecule has 1 aromatic carbocycles. The Balaban J connectivity index is 2.38. The van der Waals surface area contributed by atoms with Gasteiger partial charge < -0.3 is 9.30 Å². The van der Waals surface area contributed by atoms with Crippen molar-refractivity contribution in [2.45, 2.75) is 12.8 Å². The summed E-state index contributed by atoms with van der Waals surface area (Å²) in [4.78, 5) is 0. The molecule has 1 aromatic heterocycles. The molecule has 0 aliphatic carbocycles. The van der Waals surface area contributed by atoms with Gasteiger partial charge in [0, 0.05) is 31.8 Å². The van der Waals surface area contributed by atoms with Gasteiger partial charge in [-0.2, -0.15) is 0 Å². The fraction of sp³-hybridized carbons (Fsp3) is 0.385. The average molecular weight is 203 g/mol. The van der Waals surface area contributed by atoms with Gasteiger partial charge in [0.15, 0.2) is 0 Å². The molecular formula is C13H17NO. The molecular weight excluding hydrogens is 186 g/mol. The molecule has 0 fully saturated rings. The van der Waals surface area contributed by atoms with Crippen molar-refractivity contribution in [3.05, 3.63) is 36.0 Å². The minimum absolute atomic E-state index is 0.458. The molecule has 80 valence electrons. The third-order valence-corrected chi connectivity index (χ3v) is 2.89. The van der Waals surface area contributed by atoms with E-state index in [4.69, 9.17) is 4.74 Å². The zero-order valence-corrected chi connectivity index (χ0v) is 9.53. The maximum Gasteiger partial charge on any atom is 0.0528 e. The second kappa shape index (κ2) is 4.07. The highest BCUT2D eigenvalue weighted by molar-refractivity contribution is 5.80. The van der Waals surface area contributed by atoms with Crippen molar-refractivity contribution in [1.29, 1.82) is 0 Å². The van der Waals surface area contributed by atoms with Crippen LogP contribution in [0.2, 0.25) is 0 Å². The Morgan fingerprint density at radius 3 is 2.87 bits per heavy atom. The first-order valence-corrected chi connectivity index (χ1v) is 5.26. The van der Waals surface area contributed by atoms with Crippen LogP contribution in [0.25, 0.3) is 10.9 Å². The first kappa shape index (κ1) is 10.2. The topological polar surface area (TPSA) is 14.2 Å². The molecule has 1 atom stereocenters. The molecule has 0 saturated carbocycles. The number of benzene rings is 1. The van der Waals surface area contributed by atoms with Crippen LogP contribution in [0.15, 0.2) is 30.5 Å². The lowest BCUT2D eigenvalue weighted by Crippen LogP contribution is -2.01. The highest BCUT2D eigenvalue weighted by Crippen LogP contribution is 2.22. The van der Waals surface area contributed by atoms with Gasteiger partial charge in [-0.1, -0.05) is 13.0 Å². The quantitative estimate of drug-likeness (QED) is 0.748. The van der Waals surface area contributed by atoms with Gasteiger partial charge in [-0.15, -0.1) is 0 Å². The van der Waals surface area contributed by atoms with E-state index < -0.39 is 0 Å². The van der Waals surface area contributed by atoms with E-state index in [1.165, 1.54) is 16.5 Å². The molecule has 0 N–H and O–H groups in total. The van der Waals surface area contributed by atoms with Crippen LogP contribution in [-0.4, -0.2) is 18.3 Å². The van der Waals surface area contributed by atoms with Crippen LogP contribution in [0.4, 0.5) is 0 Å². The van der Waals surface area contributed by atoms with Crippen LogP contribution >= 0.6 is 0 Å². The molecule has 2 heteroatoms. The van der Waals surface area contributed by atoms with Gasteiger partial charge in [0.1, 0.15) is 0 Å². The molecule has 0 saturated heterocycles. The van der Waals surface area contributed by atoms with Crippen molar-refractivity contribution in [3.8, 4) is 0 Å². The SMILES string of the molecule is COCC(C)c1ccc2c(ccn2C)c1. The summed E-state index contributed by atoms with van der Waals surface area (Å²) in [7, 11) is 3.82. The van der Waals surface area contributed by atoms with Crippen LogP contribution in [0.5, 0.6) is 0 Å². The monoisotopic (exact) mass is 203 g/mol. The van der Waals surface area contributed by atoms with Gasteiger partial charge in [-0.25, -0.2) is 0 Å². The fourth-order valence-corrected chi connectivity index (χ4v) is 1.95. The van der Waals surface area contributed by atoms with E-state index in [2.05, 4.69) is 49.0 Å². The van der Waals surface area contributed by atoms with Gasteiger partial charge in [0.2, 0.25) is 0 Å². The summed E-state index contributed by atoms with van der Waals surface area (Å²) in [5.41, 5.74) is 2.62. The lowest BCUT2D eigenvalue weighted by molar-refractivity contribution is 0.184. The predicted molar refractivity (Wildman–Crippen MR) is 63.2 cm³/mol. The van der Waals surface area contributed by atoms with E-state index in [0.717, 1.165) is 6.61 Å². The Morgan fingerprint density at radius 1 is 1.33 bits per heavy atom. The minimum atomic E-state index is 0.458. The summed E-state index contributed by atoms with van der Waals surface area (Å²) in [6.07, 6.45) is 2.09. The summed E-state index contributed by atoms with van der Waals surface area (Å²) in [5, 5.41) is 1.30. The number of aromatic nitrogens is 1. The number of aryl methyl sites for hydroxylation is 1. The third-order valence-electron chi connectivity index (χ3n) is 2.89. The molecule has 0 bridgehead atoms. The van der Waals surface area contributed by atoms with Crippen LogP contribution in [-0.2, 0) is 11.8 Å². The largest absolute Gasteiger partial charge is 0.384 e. The molecule has 0 spiro atoms. The molecule has 2 rings (SSSR count). The zero-order chi connectivity index (χ0) is 10.8. The maximum absolute atomic E-state index is 5.17. The van der Waals surface area contributed by atoms with E-state index in [1.807, 2.05) is 0 Å². The van der Waals surface area contributed by atoms with E-state index >= 15 is 0 Å². The van der Waals surface area contributed by atoms with Crippen molar-refractivity contribution in [2.24, 2.45) is 7.05 Å². The smallest absolute Gasteiger partial charge is 0.0528 e. The van der Waals surface area contributed by atoms with Crippen molar-refractivity contribution in [2.75, 3.05) is 13.7 Å². The van der Waals surface area contributed by atoms with Crippen molar-refractivity contribution >= 4 is 10.9 Å². The molecule has 2 aromatic rings. The first-order chi connectivity index (χ1) is 7.22. The number of rotatable bonds is 3. The third kappa shape index (κ3) is 1.90. The average Bonchev–Trinajstić information content (AvgIpc) is 2.60. The molecule has 0 aliphatic rings. The molecule has 0 aliphatic heterocycles. The standard InChI is InChI=1S/C13H17NO/c1-10(9-15-3)11-4-5-13-12(8-11)6-7-14(13)2/h4-8,10H,9H2,1-3H3. The Hall–Kier alpha value is -1.28. The van der Waals surface area contributed by atoms with Crippen LogP contribution in [0.1, 0.15) is 18.4 Å². The Kier molecular flexibility index (Phi) is 2.78. The molecule has 0 amide bonds. The highest BCUT2D eigenvalue weighted by Gasteiger charge is 2.06. The minimum Gasteiger partial charge on any atom is -0.384 e. The summed E-state index contributed by atoms with van der Waals surface area (Å²) in [5.74, 6) is 0.458. The van der Waals surface area contributed by atoms with Gasteiger partial charge >= 0.3 is 0 Å². The molecule has 15 heavy (non-hydrogen) atoms. The summed E-state index contributed by atoms with van der Waals surface area (Å²) in [6, 6.07) is 8.76. The predicted octanol–water partition coefficient (Wildman–Crippen LogP) is 2.93. The van der Waals surface area contributed by atoms with Crippen LogP contribution in [0, 0.1) is 0 Å². The number of ether oxygens (including phenoxy) is 1. The number of nitrogens with zero attached hydrogens (tertiary/aromatic N) is 1. The van der Waals surface area contributed by atoms with E-state index in [-0.39, 0.29) is 0 Å². The van der Waals surface area contributed by atoms with Crippen molar-refractivity contribution in [1.82, 2.24) is 4.57 Å². The Labute approximate surface area is 90.5 Å². The first-order valence-electron chi connectivity index (χ1n) is 5.26. The second-order valence-electron chi connectivity index (χ2n) is 4.10. The lowest BCUT2D eigenvalue weighted by atomic mass is 10.0. The number of methoxy groups -OCH3 is 1. The number of hydrogen-bond donors (Lipinski definition) is 0. The Morgan fingerprint density at radius 2 is 2.13 bits per heavy atom. The van der Waals surface area contributed by atoms with Gasteiger partial charge in [-0.05, 0) is 29.1 Å². The number of fused-ring (bicyclic) bond motifs is 1. The van der Waals surface area contributed by atoms with Gasteiger partial charge in [-0.3, -0.25) is 0 Å². The van der Waals surface area contributed by atoms with Crippen LogP contribution < -0.4 is 0 Å². The summed E-state index contributed by atoms with van der Waals surface area (Å²) < 4.78 is 7.31. The molecule has 1 unspecified atom stereocenters. The fourth-order valence-electron chi connectivity index (χ4n) is 1.95. The van der Waals surface area contributed by atoms with Crippen LogP contribution in [0.3, 0.4) is 0 Å². The van der Waals surface area contributed by atoms with Gasteiger partial charge in [0.05, 0.1) is 6.61 Å². The maximum atomic E-state index is 5.17. The van der Waals surface area contributed by atoms with Gasteiger partial charge in [0.25, 0.3) is 0 Å². The normalized spacial score (nSPS) is 13.3. The van der Waals surface area contributed by atoms with E-state index in [0.29, 0.717) is 5.92 Å². The summed E-state index contributed by atoms with van der Waals surface area (Å²) in [6.45, 7) is 2.96. The molecule has 0 radical (unpaired) electrons. The second-order valence-corrected chi connectivity index (χ2v) is 4.10. The van der Waals surface area contributed by atoms with E-state index in [9.17, 15) is 0 Å². The Bertz CT molecular complexity index is 459.